The van der Waals surface area contributed by atoms with Crippen LogP contribution in [0, 0.1) is 26.1 Å². The molecule has 1 aliphatic rings. The molecule has 25 heavy (non-hydrogen) atoms. The summed E-state index contributed by atoms with van der Waals surface area (Å²) in [7, 11) is 0. The van der Waals surface area contributed by atoms with Crippen molar-refractivity contribution >= 4 is 28.7 Å². The van der Waals surface area contributed by atoms with E-state index in [0.29, 0.717) is 13.0 Å². The predicted octanol–water partition coefficient (Wildman–Crippen LogP) is 4.80. The molecule has 0 N–H and O–H groups in total. The number of hydrogen-bond acceptors (Lipinski definition) is 5. The zero-order valence-electron chi connectivity index (χ0n) is 13.2. The molecule has 11 heteroatoms. The molecule has 138 valence electrons. The highest BCUT2D eigenvalue weighted by Crippen LogP contribution is 2.49. The maximum atomic E-state index is 13.1. The van der Waals surface area contributed by atoms with Gasteiger partial charge in [-0.25, -0.2) is 0 Å². The number of halogens is 4. The van der Waals surface area contributed by atoms with Crippen molar-refractivity contribution in [3.8, 4) is 0 Å². The van der Waals surface area contributed by atoms with Gasteiger partial charge in [0, 0.05) is 19.2 Å². The van der Waals surface area contributed by atoms with Gasteiger partial charge in [-0.15, -0.1) is 0 Å². The highest BCUT2D eigenvalue weighted by atomic mass is 35.5. The minimum Gasteiger partial charge on any atom is -0.360 e. The van der Waals surface area contributed by atoms with Gasteiger partial charge in [0.2, 0.25) is 0 Å². The van der Waals surface area contributed by atoms with Crippen LogP contribution in [0.3, 0.4) is 0 Å². The maximum absolute atomic E-state index is 13.1. The van der Waals surface area contributed by atoms with Crippen molar-refractivity contribution in [3.05, 3.63) is 36.9 Å². The van der Waals surface area contributed by atoms with Gasteiger partial charge in [0.1, 0.15) is 5.02 Å². The minimum absolute atomic E-state index is 0.215. The van der Waals surface area contributed by atoms with Gasteiger partial charge in [0.05, 0.1) is 15.4 Å². The van der Waals surface area contributed by atoms with E-state index in [0.717, 1.165) is 12.8 Å². The van der Waals surface area contributed by atoms with Crippen LogP contribution >= 0.6 is 11.6 Å². The minimum atomic E-state index is -5.04. The van der Waals surface area contributed by atoms with Crippen LogP contribution < -0.4 is 4.90 Å². The average Bonchev–Trinajstić information content (AvgIpc) is 3.28. The van der Waals surface area contributed by atoms with Crippen molar-refractivity contribution in [1.29, 1.82) is 0 Å². The van der Waals surface area contributed by atoms with Gasteiger partial charge < -0.3 is 4.90 Å². The first-order valence-electron chi connectivity index (χ1n) is 7.55. The lowest BCUT2D eigenvalue weighted by atomic mass is 10.1. The lowest BCUT2D eigenvalue weighted by molar-refractivity contribution is -0.393. The highest BCUT2D eigenvalue weighted by Gasteiger charge is 2.43. The summed E-state index contributed by atoms with van der Waals surface area (Å²) in [6, 6.07) is 0.278. The van der Waals surface area contributed by atoms with Crippen LogP contribution in [0.1, 0.15) is 31.7 Å². The highest BCUT2D eigenvalue weighted by molar-refractivity contribution is 6.34. The van der Waals surface area contributed by atoms with E-state index in [4.69, 9.17) is 11.6 Å². The molecule has 0 radical (unpaired) electrons. The summed E-state index contributed by atoms with van der Waals surface area (Å²) in [5, 5.41) is 21.6. The van der Waals surface area contributed by atoms with E-state index in [1.165, 1.54) is 4.90 Å². The smallest absolute Gasteiger partial charge is 0.360 e. The number of nitro groups is 2. The average molecular weight is 382 g/mol. The van der Waals surface area contributed by atoms with Crippen molar-refractivity contribution in [1.82, 2.24) is 0 Å². The standard InChI is InChI=1S/C14H15ClF3N3O4/c1-2-5-19(7-8-3-4-8)12-10(20(22)23)6-9(14(16,17)18)11(15)13(12)21(24)25/h6,8H,2-5,7H2,1H3. The van der Waals surface area contributed by atoms with Crippen LogP contribution in [-0.4, -0.2) is 22.9 Å². The number of alkyl halides is 3. The first-order chi connectivity index (χ1) is 11.6. The molecule has 1 aromatic rings. The summed E-state index contributed by atoms with van der Waals surface area (Å²) in [4.78, 5) is 22.0. The summed E-state index contributed by atoms with van der Waals surface area (Å²) in [6.45, 7) is 2.31. The Morgan fingerprint density at radius 1 is 1.28 bits per heavy atom. The SMILES string of the molecule is CCCN(CC1CC1)c1c([N+](=O)[O-])cc(C(F)(F)F)c(Cl)c1[N+](=O)[O-]. The monoisotopic (exact) mass is 381 g/mol. The van der Waals surface area contributed by atoms with Gasteiger partial charge in [-0.2, -0.15) is 13.2 Å². The van der Waals surface area contributed by atoms with Gasteiger partial charge in [0.15, 0.2) is 5.69 Å². The summed E-state index contributed by atoms with van der Waals surface area (Å²) in [6.07, 6.45) is -2.79. The molecule has 0 unspecified atom stereocenters. The van der Waals surface area contributed by atoms with E-state index in [2.05, 4.69) is 0 Å². The Labute approximate surface area is 145 Å². The molecule has 0 aromatic heterocycles. The van der Waals surface area contributed by atoms with Crippen LogP contribution in [0.2, 0.25) is 5.02 Å². The van der Waals surface area contributed by atoms with Gasteiger partial charge >= 0.3 is 11.9 Å². The zero-order chi connectivity index (χ0) is 18.9. The van der Waals surface area contributed by atoms with E-state index in [1.54, 1.807) is 6.92 Å². The first kappa shape index (κ1) is 19.2. The van der Waals surface area contributed by atoms with E-state index in [1.807, 2.05) is 0 Å². The third-order valence-corrected chi connectivity index (χ3v) is 4.24. The summed E-state index contributed by atoms with van der Waals surface area (Å²) < 4.78 is 39.3. The molecular weight excluding hydrogens is 367 g/mol. The van der Waals surface area contributed by atoms with Gasteiger partial charge in [-0.3, -0.25) is 20.2 Å². The van der Waals surface area contributed by atoms with Crippen molar-refractivity contribution in [2.75, 3.05) is 18.0 Å². The lowest BCUT2D eigenvalue weighted by Gasteiger charge is -2.24. The molecular formula is C14H15ClF3N3O4. The van der Waals surface area contributed by atoms with Gasteiger partial charge in [-0.1, -0.05) is 18.5 Å². The van der Waals surface area contributed by atoms with Crippen molar-refractivity contribution in [2.45, 2.75) is 32.4 Å². The number of rotatable bonds is 7. The second-order valence-corrected chi connectivity index (χ2v) is 6.23. The van der Waals surface area contributed by atoms with Crippen LogP contribution in [0.15, 0.2) is 6.07 Å². The van der Waals surface area contributed by atoms with Crippen LogP contribution in [0.5, 0.6) is 0 Å². The molecule has 0 atom stereocenters. The number of nitro benzene ring substituents is 2. The molecule has 2 rings (SSSR count). The molecule has 0 saturated heterocycles. The number of benzene rings is 1. The zero-order valence-corrected chi connectivity index (χ0v) is 13.9. The fourth-order valence-electron chi connectivity index (χ4n) is 2.62. The number of nitrogens with zero attached hydrogens (tertiary/aromatic N) is 3. The van der Waals surface area contributed by atoms with E-state index in [9.17, 15) is 33.4 Å². The Hall–Kier alpha value is -2.10. The van der Waals surface area contributed by atoms with Crippen LogP contribution in [-0.2, 0) is 6.18 Å². The molecule has 0 heterocycles. The molecule has 0 amide bonds. The summed E-state index contributed by atoms with van der Waals surface area (Å²) >= 11 is 5.66. The first-order valence-corrected chi connectivity index (χ1v) is 7.93. The Balaban J connectivity index is 2.76. The van der Waals surface area contributed by atoms with Crippen molar-refractivity contribution < 1.29 is 23.0 Å². The summed E-state index contributed by atoms with van der Waals surface area (Å²) in [5.41, 5.74) is -4.07. The third kappa shape index (κ3) is 4.12. The maximum Gasteiger partial charge on any atom is 0.418 e. The van der Waals surface area contributed by atoms with Crippen molar-refractivity contribution in [3.63, 3.8) is 0 Å². The van der Waals surface area contributed by atoms with Gasteiger partial charge in [-0.05, 0) is 25.2 Å². The number of anilines is 1. The molecule has 1 aromatic carbocycles. The second kappa shape index (κ2) is 7.03. The molecule has 7 nitrogen and oxygen atoms in total. The fourth-order valence-corrected chi connectivity index (χ4v) is 2.94. The largest absolute Gasteiger partial charge is 0.418 e. The molecule has 0 spiro atoms. The van der Waals surface area contributed by atoms with E-state index in [-0.39, 0.29) is 18.5 Å². The molecule has 1 aliphatic carbocycles. The predicted molar refractivity (Wildman–Crippen MR) is 85.0 cm³/mol. The normalized spacial score (nSPS) is 14.4. The lowest BCUT2D eigenvalue weighted by Crippen LogP contribution is -2.28. The van der Waals surface area contributed by atoms with E-state index < -0.39 is 43.7 Å². The fraction of sp³-hybridized carbons (Fsp3) is 0.571. The molecule has 1 saturated carbocycles. The Kier molecular flexibility index (Phi) is 5.40. The number of hydrogen-bond donors (Lipinski definition) is 0. The van der Waals surface area contributed by atoms with Crippen molar-refractivity contribution in [2.24, 2.45) is 5.92 Å². The Bertz CT molecular complexity index is 708. The van der Waals surface area contributed by atoms with Gasteiger partial charge in [0.25, 0.3) is 5.69 Å². The third-order valence-electron chi connectivity index (χ3n) is 3.86. The Morgan fingerprint density at radius 3 is 2.28 bits per heavy atom. The second-order valence-electron chi connectivity index (χ2n) is 5.86. The van der Waals surface area contributed by atoms with Crippen LogP contribution in [0.4, 0.5) is 30.2 Å². The molecule has 0 aliphatic heterocycles. The Morgan fingerprint density at radius 2 is 1.88 bits per heavy atom. The quantitative estimate of drug-likeness (QED) is 0.499. The summed E-state index contributed by atoms with van der Waals surface area (Å²) in [5.74, 6) is 0.215. The molecule has 1 fully saturated rings. The van der Waals surface area contributed by atoms with E-state index >= 15 is 0 Å². The van der Waals surface area contributed by atoms with Crippen LogP contribution in [0.25, 0.3) is 0 Å². The topological polar surface area (TPSA) is 89.5 Å². The molecule has 0 bridgehead atoms.